The maximum Gasteiger partial charge on any atom is 0.273 e. The Morgan fingerprint density at radius 1 is 1.10 bits per heavy atom. The number of oxazole rings is 1. The van der Waals surface area contributed by atoms with Crippen molar-refractivity contribution in [2.45, 2.75) is 38.1 Å². The lowest BCUT2D eigenvalue weighted by Crippen LogP contribution is -2.25. The average molecular weight is 401 g/mol. The first-order valence-corrected chi connectivity index (χ1v) is 10.4. The summed E-state index contributed by atoms with van der Waals surface area (Å²) in [7, 11) is 0. The average Bonchev–Trinajstić information content (AvgIpc) is 3.38. The van der Waals surface area contributed by atoms with Crippen molar-refractivity contribution in [3.63, 3.8) is 0 Å². The van der Waals surface area contributed by atoms with Gasteiger partial charge in [-0.25, -0.2) is 4.98 Å². The van der Waals surface area contributed by atoms with Crippen molar-refractivity contribution < 1.29 is 14.0 Å². The smallest absolute Gasteiger partial charge is 0.273 e. The van der Waals surface area contributed by atoms with Crippen LogP contribution in [0.3, 0.4) is 0 Å². The Bertz CT molecular complexity index is 1070. The van der Waals surface area contributed by atoms with Crippen LogP contribution < -0.4 is 10.2 Å². The Morgan fingerprint density at radius 3 is 2.53 bits per heavy atom. The van der Waals surface area contributed by atoms with E-state index < -0.39 is 0 Å². The molecule has 0 radical (unpaired) electrons. The molecule has 0 unspecified atom stereocenters. The number of carbonyl (C=O) groups is 2. The Hall–Kier alpha value is -3.41. The molecule has 1 saturated heterocycles. The van der Waals surface area contributed by atoms with Gasteiger partial charge in [-0.05, 0) is 49.1 Å². The fraction of sp³-hybridized carbons (Fsp3) is 0.292. The molecular formula is C24H23N3O3. The molecule has 2 fully saturated rings. The van der Waals surface area contributed by atoms with Gasteiger partial charge in [0.25, 0.3) is 5.91 Å². The third kappa shape index (κ3) is 3.73. The van der Waals surface area contributed by atoms with Crippen molar-refractivity contribution in [3.8, 4) is 11.5 Å². The third-order valence-corrected chi connectivity index (χ3v) is 5.61. The van der Waals surface area contributed by atoms with Gasteiger partial charge >= 0.3 is 0 Å². The lowest BCUT2D eigenvalue weighted by molar-refractivity contribution is -0.117. The van der Waals surface area contributed by atoms with E-state index in [9.17, 15) is 9.59 Å². The summed E-state index contributed by atoms with van der Waals surface area (Å²) in [5.41, 5.74) is 3.13. The molecule has 6 nitrogen and oxygen atoms in total. The number of rotatable bonds is 6. The zero-order chi connectivity index (χ0) is 20.5. The van der Waals surface area contributed by atoms with Gasteiger partial charge in [0.1, 0.15) is 5.76 Å². The summed E-state index contributed by atoms with van der Waals surface area (Å²) in [4.78, 5) is 31.0. The molecule has 1 aromatic heterocycles. The Labute approximate surface area is 174 Å². The van der Waals surface area contributed by atoms with E-state index in [1.54, 1.807) is 0 Å². The van der Waals surface area contributed by atoms with Crippen LogP contribution in [0.15, 0.2) is 59.0 Å². The van der Waals surface area contributed by atoms with Crippen LogP contribution >= 0.6 is 0 Å². The lowest BCUT2D eigenvalue weighted by Gasteiger charge is -2.16. The van der Waals surface area contributed by atoms with Gasteiger partial charge in [-0.1, -0.05) is 30.3 Å². The number of nitrogens with one attached hydrogen (secondary N) is 1. The largest absolute Gasteiger partial charge is 0.440 e. The Kier molecular flexibility index (Phi) is 4.83. The summed E-state index contributed by atoms with van der Waals surface area (Å²) in [5.74, 6) is 1.41. The monoisotopic (exact) mass is 401 g/mol. The second-order valence-corrected chi connectivity index (χ2v) is 7.87. The zero-order valence-electron chi connectivity index (χ0n) is 16.6. The molecule has 2 aliphatic rings. The van der Waals surface area contributed by atoms with Gasteiger partial charge in [-0.2, -0.15) is 0 Å². The fourth-order valence-electron chi connectivity index (χ4n) is 3.80. The van der Waals surface area contributed by atoms with Gasteiger partial charge in [0.2, 0.25) is 11.8 Å². The van der Waals surface area contributed by atoms with Crippen LogP contribution in [-0.4, -0.2) is 23.3 Å². The molecule has 2 amide bonds. The predicted molar refractivity (Wildman–Crippen MR) is 113 cm³/mol. The lowest BCUT2D eigenvalue weighted by atomic mass is 10.2. The molecule has 1 aliphatic carbocycles. The SMILES string of the molecule is O=C(NCc1ccc(N2CCCC2=O)cc1)c1nc(-c2ccccc2)oc1C1CC1. The second-order valence-electron chi connectivity index (χ2n) is 7.87. The summed E-state index contributed by atoms with van der Waals surface area (Å²) in [6.07, 6.45) is 3.58. The molecule has 1 aliphatic heterocycles. The second kappa shape index (κ2) is 7.78. The quantitative estimate of drug-likeness (QED) is 0.669. The minimum absolute atomic E-state index is 0.170. The van der Waals surface area contributed by atoms with Crippen molar-refractivity contribution in [2.24, 2.45) is 0 Å². The standard InChI is InChI=1S/C24H23N3O3/c28-20-7-4-14-27(20)19-12-8-16(9-13-19)15-25-23(29)21-22(17-10-11-17)30-24(26-21)18-5-2-1-3-6-18/h1-3,5-6,8-9,12-13,17H,4,7,10-11,14-15H2,(H,25,29). The first-order valence-electron chi connectivity index (χ1n) is 10.4. The van der Waals surface area contributed by atoms with E-state index in [0.29, 0.717) is 30.3 Å². The van der Waals surface area contributed by atoms with Crippen LogP contribution in [0.25, 0.3) is 11.5 Å². The number of benzene rings is 2. The van der Waals surface area contributed by atoms with Gasteiger partial charge in [-0.3, -0.25) is 9.59 Å². The van der Waals surface area contributed by atoms with Crippen molar-refractivity contribution in [1.29, 1.82) is 0 Å². The summed E-state index contributed by atoms with van der Waals surface area (Å²) < 4.78 is 5.97. The van der Waals surface area contributed by atoms with Gasteiger partial charge in [-0.15, -0.1) is 0 Å². The Morgan fingerprint density at radius 2 is 1.87 bits per heavy atom. The highest BCUT2D eigenvalue weighted by molar-refractivity contribution is 5.95. The number of nitrogens with zero attached hydrogens (tertiary/aromatic N) is 2. The van der Waals surface area contributed by atoms with Gasteiger partial charge in [0.15, 0.2) is 5.69 Å². The highest BCUT2D eigenvalue weighted by Crippen LogP contribution is 2.43. The van der Waals surface area contributed by atoms with E-state index in [0.717, 1.165) is 42.6 Å². The molecule has 2 aromatic carbocycles. The van der Waals surface area contributed by atoms with Crippen LogP contribution in [0.2, 0.25) is 0 Å². The predicted octanol–water partition coefficient (Wildman–Crippen LogP) is 4.28. The van der Waals surface area contributed by atoms with E-state index in [-0.39, 0.29) is 17.7 Å². The van der Waals surface area contributed by atoms with Crippen LogP contribution in [0.1, 0.15) is 53.4 Å². The summed E-state index contributed by atoms with van der Waals surface area (Å²) in [6, 6.07) is 17.4. The van der Waals surface area contributed by atoms with Crippen molar-refractivity contribution in [3.05, 3.63) is 71.6 Å². The molecule has 3 aromatic rings. The molecule has 5 rings (SSSR count). The normalized spacial score (nSPS) is 16.1. The minimum Gasteiger partial charge on any atom is -0.440 e. The molecule has 0 atom stereocenters. The first-order chi connectivity index (χ1) is 14.7. The Balaban J connectivity index is 1.29. The van der Waals surface area contributed by atoms with Crippen LogP contribution in [0.5, 0.6) is 0 Å². The third-order valence-electron chi connectivity index (χ3n) is 5.61. The molecule has 0 bridgehead atoms. The number of anilines is 1. The number of amides is 2. The van der Waals surface area contributed by atoms with Gasteiger partial charge < -0.3 is 14.6 Å². The van der Waals surface area contributed by atoms with Gasteiger partial charge in [0.05, 0.1) is 0 Å². The summed E-state index contributed by atoms with van der Waals surface area (Å²) >= 11 is 0. The van der Waals surface area contributed by atoms with E-state index in [2.05, 4.69) is 10.3 Å². The fourth-order valence-corrected chi connectivity index (χ4v) is 3.80. The molecule has 152 valence electrons. The molecule has 6 heteroatoms. The molecule has 1 N–H and O–H groups in total. The van der Waals surface area contributed by atoms with Crippen molar-refractivity contribution in [1.82, 2.24) is 10.3 Å². The van der Waals surface area contributed by atoms with Crippen LogP contribution in [-0.2, 0) is 11.3 Å². The highest BCUT2D eigenvalue weighted by Gasteiger charge is 2.34. The molecular weight excluding hydrogens is 378 g/mol. The molecule has 30 heavy (non-hydrogen) atoms. The van der Waals surface area contributed by atoms with Crippen LogP contribution in [0.4, 0.5) is 5.69 Å². The number of aromatic nitrogens is 1. The maximum absolute atomic E-state index is 12.8. The van der Waals surface area contributed by atoms with Gasteiger partial charge in [0, 0.05) is 36.7 Å². The molecule has 2 heterocycles. The summed E-state index contributed by atoms with van der Waals surface area (Å²) in [6.45, 7) is 1.17. The minimum atomic E-state index is -0.221. The first kappa shape index (κ1) is 18.6. The van der Waals surface area contributed by atoms with E-state index in [1.165, 1.54) is 0 Å². The number of hydrogen-bond acceptors (Lipinski definition) is 4. The van der Waals surface area contributed by atoms with E-state index in [1.807, 2.05) is 59.5 Å². The number of carbonyl (C=O) groups excluding carboxylic acids is 2. The molecule has 0 spiro atoms. The zero-order valence-corrected chi connectivity index (χ0v) is 16.6. The maximum atomic E-state index is 12.8. The highest BCUT2D eigenvalue weighted by atomic mass is 16.4. The summed E-state index contributed by atoms with van der Waals surface area (Å²) in [5, 5.41) is 2.96. The van der Waals surface area contributed by atoms with E-state index in [4.69, 9.17) is 4.42 Å². The van der Waals surface area contributed by atoms with Crippen molar-refractivity contribution >= 4 is 17.5 Å². The topological polar surface area (TPSA) is 75.4 Å². The number of hydrogen-bond donors (Lipinski definition) is 1. The van der Waals surface area contributed by atoms with Crippen LogP contribution in [0, 0.1) is 0 Å². The van der Waals surface area contributed by atoms with E-state index >= 15 is 0 Å². The van der Waals surface area contributed by atoms with Crippen molar-refractivity contribution in [2.75, 3.05) is 11.4 Å². The molecule has 1 saturated carbocycles.